The van der Waals surface area contributed by atoms with Gasteiger partial charge in [-0.25, -0.2) is 14.6 Å². The number of carbonyl (C=O) groups is 1. The fraction of sp³-hybridized carbons (Fsp3) is 0.273. The van der Waals surface area contributed by atoms with Gasteiger partial charge in [-0.05, 0) is 24.3 Å². The Morgan fingerprint density at radius 3 is 2.60 bits per heavy atom. The first-order valence-corrected chi connectivity index (χ1v) is 10.7. The highest BCUT2D eigenvalue weighted by Crippen LogP contribution is 2.31. The monoisotopic (exact) mass is 484 g/mol. The summed E-state index contributed by atoms with van der Waals surface area (Å²) in [4.78, 5) is 29.0. The summed E-state index contributed by atoms with van der Waals surface area (Å²) in [6.45, 7) is 2.49. The molecule has 1 amide bonds. The summed E-state index contributed by atoms with van der Waals surface area (Å²) in [5, 5.41) is 7.83. The van der Waals surface area contributed by atoms with Gasteiger partial charge in [0, 0.05) is 37.9 Å². The van der Waals surface area contributed by atoms with Crippen molar-refractivity contribution in [2.45, 2.75) is 12.7 Å². The topological polar surface area (TPSA) is 106 Å². The van der Waals surface area contributed by atoms with Crippen LogP contribution in [0.1, 0.15) is 21.8 Å². The second kappa shape index (κ2) is 9.25. The number of carbonyl (C=O) groups excluding carboxylic acids is 1. The van der Waals surface area contributed by atoms with Gasteiger partial charge in [-0.15, -0.1) is 0 Å². The van der Waals surface area contributed by atoms with E-state index < -0.39 is 11.7 Å². The van der Waals surface area contributed by atoms with Crippen molar-refractivity contribution in [2.75, 3.05) is 26.2 Å². The predicted molar refractivity (Wildman–Crippen MR) is 115 cm³/mol. The van der Waals surface area contributed by atoms with E-state index in [1.54, 1.807) is 17.0 Å². The largest absolute Gasteiger partial charge is 0.416 e. The molecule has 0 aliphatic carbocycles. The number of hydrogen-bond acceptors (Lipinski definition) is 8. The Labute approximate surface area is 197 Å². The Balaban J connectivity index is 1.17. The van der Waals surface area contributed by atoms with Crippen molar-refractivity contribution in [1.82, 2.24) is 39.7 Å². The van der Waals surface area contributed by atoms with Crippen molar-refractivity contribution in [3.8, 4) is 17.2 Å². The molecule has 180 valence electrons. The second-order valence-electron chi connectivity index (χ2n) is 7.90. The first-order chi connectivity index (χ1) is 16.9. The molecule has 0 radical (unpaired) electrons. The number of piperazine rings is 1. The van der Waals surface area contributed by atoms with Gasteiger partial charge in [-0.2, -0.15) is 23.3 Å². The summed E-state index contributed by atoms with van der Waals surface area (Å²) < 4.78 is 45.6. The first kappa shape index (κ1) is 22.7. The minimum Gasteiger partial charge on any atom is -0.338 e. The molecule has 4 aromatic rings. The number of halogens is 3. The number of amides is 1. The fourth-order valence-corrected chi connectivity index (χ4v) is 3.73. The number of benzene rings is 1. The number of alkyl halides is 3. The summed E-state index contributed by atoms with van der Waals surface area (Å²) in [6, 6.07) is 8.20. The fourth-order valence-electron chi connectivity index (χ4n) is 3.73. The molecule has 0 atom stereocenters. The highest BCUT2D eigenvalue weighted by Gasteiger charge is 2.31. The smallest absolute Gasteiger partial charge is 0.338 e. The van der Waals surface area contributed by atoms with Crippen LogP contribution in [0.15, 0.2) is 59.8 Å². The SMILES string of the molecule is O=C(c1ccc(-n2cncn2)nc1)N1CCN(Cc2nc(-c3cccc(C(F)(F)F)c3)no2)CC1. The molecule has 10 nitrogen and oxygen atoms in total. The lowest BCUT2D eigenvalue weighted by atomic mass is 10.1. The van der Waals surface area contributed by atoms with Crippen LogP contribution < -0.4 is 0 Å². The van der Waals surface area contributed by atoms with Gasteiger partial charge in [0.2, 0.25) is 11.7 Å². The van der Waals surface area contributed by atoms with Crippen molar-refractivity contribution in [3.05, 3.63) is 72.3 Å². The van der Waals surface area contributed by atoms with E-state index >= 15 is 0 Å². The molecule has 13 heteroatoms. The molecule has 35 heavy (non-hydrogen) atoms. The maximum Gasteiger partial charge on any atom is 0.416 e. The van der Waals surface area contributed by atoms with E-state index in [-0.39, 0.29) is 17.3 Å². The van der Waals surface area contributed by atoms with Gasteiger partial charge in [-0.3, -0.25) is 9.69 Å². The second-order valence-corrected chi connectivity index (χ2v) is 7.90. The molecule has 1 aromatic carbocycles. The van der Waals surface area contributed by atoms with Crippen molar-refractivity contribution in [3.63, 3.8) is 0 Å². The average Bonchev–Trinajstić information content (AvgIpc) is 3.57. The lowest BCUT2D eigenvalue weighted by Crippen LogP contribution is -2.48. The van der Waals surface area contributed by atoms with E-state index in [4.69, 9.17) is 4.52 Å². The average molecular weight is 484 g/mol. The molecule has 1 saturated heterocycles. The first-order valence-electron chi connectivity index (χ1n) is 10.7. The van der Waals surface area contributed by atoms with Gasteiger partial charge >= 0.3 is 6.18 Å². The minimum atomic E-state index is -4.45. The summed E-state index contributed by atoms with van der Waals surface area (Å²) in [5.74, 6) is 0.840. The van der Waals surface area contributed by atoms with E-state index in [2.05, 4.69) is 25.2 Å². The molecule has 3 aromatic heterocycles. The predicted octanol–water partition coefficient (Wildman–Crippen LogP) is 2.69. The summed E-state index contributed by atoms with van der Waals surface area (Å²) in [6.07, 6.45) is -0.00969. The van der Waals surface area contributed by atoms with Crippen LogP contribution in [0.5, 0.6) is 0 Å². The van der Waals surface area contributed by atoms with Crippen LogP contribution >= 0.6 is 0 Å². The Kier molecular flexibility index (Phi) is 5.99. The third-order valence-corrected chi connectivity index (χ3v) is 5.58. The van der Waals surface area contributed by atoms with Gasteiger partial charge in [-0.1, -0.05) is 17.3 Å². The Morgan fingerprint density at radius 1 is 1.09 bits per heavy atom. The van der Waals surface area contributed by atoms with Crippen LogP contribution in [0.2, 0.25) is 0 Å². The number of aromatic nitrogens is 6. The van der Waals surface area contributed by atoms with Gasteiger partial charge in [0.15, 0.2) is 5.82 Å². The Morgan fingerprint density at radius 2 is 1.91 bits per heavy atom. The quantitative estimate of drug-likeness (QED) is 0.426. The van der Waals surface area contributed by atoms with Gasteiger partial charge in [0.1, 0.15) is 12.7 Å². The maximum atomic E-state index is 13.0. The maximum absolute atomic E-state index is 13.0. The van der Waals surface area contributed by atoms with Crippen molar-refractivity contribution in [2.24, 2.45) is 0 Å². The number of pyridine rings is 1. The molecule has 1 aliphatic heterocycles. The van der Waals surface area contributed by atoms with E-state index in [0.29, 0.717) is 50.0 Å². The van der Waals surface area contributed by atoms with Gasteiger partial charge < -0.3 is 9.42 Å². The van der Waals surface area contributed by atoms with Crippen LogP contribution in [-0.2, 0) is 12.7 Å². The Hall–Kier alpha value is -4.13. The lowest BCUT2D eigenvalue weighted by molar-refractivity contribution is -0.137. The Bertz CT molecular complexity index is 1300. The van der Waals surface area contributed by atoms with Gasteiger partial charge in [0.05, 0.1) is 17.7 Å². The third kappa shape index (κ3) is 5.04. The van der Waals surface area contributed by atoms with Crippen molar-refractivity contribution >= 4 is 5.91 Å². The molecule has 1 aliphatic rings. The van der Waals surface area contributed by atoms with Crippen LogP contribution in [0, 0.1) is 0 Å². The molecular formula is C22H19F3N8O2. The molecule has 1 fully saturated rings. The highest BCUT2D eigenvalue weighted by molar-refractivity contribution is 5.94. The molecule has 0 spiro atoms. The normalized spacial score (nSPS) is 14.9. The zero-order valence-corrected chi connectivity index (χ0v) is 18.3. The van der Waals surface area contributed by atoms with Crippen LogP contribution in [0.4, 0.5) is 13.2 Å². The molecule has 0 unspecified atom stereocenters. The van der Waals surface area contributed by atoms with Crippen LogP contribution in [0.25, 0.3) is 17.2 Å². The highest BCUT2D eigenvalue weighted by atomic mass is 19.4. The van der Waals surface area contributed by atoms with Crippen molar-refractivity contribution in [1.29, 1.82) is 0 Å². The van der Waals surface area contributed by atoms with E-state index in [9.17, 15) is 18.0 Å². The van der Waals surface area contributed by atoms with Gasteiger partial charge in [0.25, 0.3) is 5.91 Å². The number of hydrogen-bond donors (Lipinski definition) is 0. The molecule has 0 bridgehead atoms. The summed E-state index contributed by atoms with van der Waals surface area (Å²) >= 11 is 0. The van der Waals surface area contributed by atoms with Crippen LogP contribution in [0.3, 0.4) is 0 Å². The number of nitrogens with zero attached hydrogens (tertiary/aromatic N) is 8. The molecule has 4 heterocycles. The zero-order valence-electron chi connectivity index (χ0n) is 18.3. The number of rotatable bonds is 5. The van der Waals surface area contributed by atoms with E-state index in [0.717, 1.165) is 12.1 Å². The summed E-state index contributed by atoms with van der Waals surface area (Å²) in [7, 11) is 0. The minimum absolute atomic E-state index is 0.0988. The molecule has 0 saturated carbocycles. The van der Waals surface area contributed by atoms with E-state index in [1.165, 1.54) is 35.7 Å². The molecular weight excluding hydrogens is 465 g/mol. The van der Waals surface area contributed by atoms with E-state index in [1.807, 2.05) is 4.90 Å². The zero-order chi connectivity index (χ0) is 24.4. The lowest BCUT2D eigenvalue weighted by Gasteiger charge is -2.33. The van der Waals surface area contributed by atoms with Crippen molar-refractivity contribution < 1.29 is 22.5 Å². The summed E-state index contributed by atoms with van der Waals surface area (Å²) in [5.41, 5.74) is -0.0657. The van der Waals surface area contributed by atoms with Crippen LogP contribution in [-0.4, -0.2) is 71.8 Å². The molecule has 0 N–H and O–H groups in total. The molecule has 5 rings (SSSR count). The standard InChI is InChI=1S/C22H19F3N8O2/c23-22(24,25)17-3-1-2-15(10-17)20-29-19(35-30-20)12-31-6-8-32(9-7-31)21(34)16-4-5-18(27-11-16)33-14-26-13-28-33/h1-5,10-11,13-14H,6-9,12H2. The third-order valence-electron chi connectivity index (χ3n) is 5.58.